The van der Waals surface area contributed by atoms with Crippen molar-refractivity contribution >= 4 is 49.2 Å². The van der Waals surface area contributed by atoms with E-state index in [2.05, 4.69) is 25.8 Å². The first kappa shape index (κ1) is 27.9. The molecule has 4 amide bonds. The van der Waals surface area contributed by atoms with Crippen molar-refractivity contribution in [2.45, 2.75) is 36.7 Å². The molecule has 42 heavy (non-hydrogen) atoms. The molecule has 15 heteroatoms. The Labute approximate surface area is 243 Å². The van der Waals surface area contributed by atoms with Crippen molar-refractivity contribution in [1.82, 2.24) is 30.7 Å². The van der Waals surface area contributed by atoms with Gasteiger partial charge in [-0.2, -0.15) is 0 Å². The van der Waals surface area contributed by atoms with E-state index < -0.39 is 38.7 Å². The molecule has 0 aliphatic carbocycles. The average Bonchev–Trinajstić information content (AvgIpc) is 3.70. The number of nitrogens with zero attached hydrogens (tertiary/aromatic N) is 4. The largest absolute Gasteiger partial charge is 0.423 e. The lowest BCUT2D eigenvalue weighted by atomic mass is 9.98. The zero-order valence-corrected chi connectivity index (χ0v) is 24.1. The summed E-state index contributed by atoms with van der Waals surface area (Å²) in [6.07, 6.45) is 0.239. The summed E-state index contributed by atoms with van der Waals surface area (Å²) in [5.74, 6) is -1.01. The number of benzene rings is 2. The molecule has 2 aliphatic rings. The molecular weight excluding hydrogens is 587 g/mol. The number of carbonyl (C=O) groups excluding carboxylic acids is 3. The number of hydrogen-bond donors (Lipinski definition) is 2. The first-order valence-corrected chi connectivity index (χ1v) is 15.8. The van der Waals surface area contributed by atoms with Crippen LogP contribution in [-0.4, -0.2) is 77.4 Å². The standard InChI is InChI=1S/C27H25FN6O6S2/c1-27(25(36)30-26(37)31-27)12-20-32-33-22(40-20)21(42(2,38)39)23-29-18-7-6-15(11-19(18)41-23)14-4-3-5-16(10-14)24(35)34-9-8-17(28)13-34/h3-7,10-11,17,21H,8-9,12-13H2,1-2H3,(H2,30,31,36,37)/t17-,21?,27?/m1/s1. The zero-order valence-electron chi connectivity index (χ0n) is 22.5. The van der Waals surface area contributed by atoms with Gasteiger partial charge >= 0.3 is 6.03 Å². The van der Waals surface area contributed by atoms with Gasteiger partial charge in [0.05, 0.1) is 23.2 Å². The van der Waals surface area contributed by atoms with Gasteiger partial charge in [-0.05, 0) is 48.7 Å². The maximum absolute atomic E-state index is 13.6. The van der Waals surface area contributed by atoms with Crippen LogP contribution < -0.4 is 10.6 Å². The minimum Gasteiger partial charge on any atom is -0.423 e. The van der Waals surface area contributed by atoms with Gasteiger partial charge in [-0.3, -0.25) is 14.9 Å². The average molecular weight is 613 g/mol. The van der Waals surface area contributed by atoms with Crippen LogP contribution in [0, 0.1) is 0 Å². The van der Waals surface area contributed by atoms with E-state index in [9.17, 15) is 27.2 Å². The van der Waals surface area contributed by atoms with Crippen LogP contribution in [0.2, 0.25) is 0 Å². The molecule has 218 valence electrons. The maximum Gasteiger partial charge on any atom is 0.322 e. The van der Waals surface area contributed by atoms with E-state index in [0.29, 0.717) is 28.7 Å². The molecule has 2 aromatic heterocycles. The molecule has 12 nitrogen and oxygen atoms in total. The van der Waals surface area contributed by atoms with E-state index in [-0.39, 0.29) is 35.7 Å². The molecule has 6 rings (SSSR count). The summed E-state index contributed by atoms with van der Waals surface area (Å²) < 4.78 is 45.8. The summed E-state index contributed by atoms with van der Waals surface area (Å²) in [6.45, 7) is 1.97. The lowest BCUT2D eigenvalue weighted by molar-refractivity contribution is -0.123. The molecule has 2 fully saturated rings. The topological polar surface area (TPSA) is 164 Å². The number of fused-ring (bicyclic) bond motifs is 1. The quantitative estimate of drug-likeness (QED) is 0.299. The van der Waals surface area contributed by atoms with E-state index >= 15 is 0 Å². The molecule has 0 spiro atoms. The van der Waals surface area contributed by atoms with Gasteiger partial charge in [0.1, 0.15) is 16.7 Å². The minimum atomic E-state index is -3.82. The summed E-state index contributed by atoms with van der Waals surface area (Å²) in [7, 11) is -3.82. The smallest absolute Gasteiger partial charge is 0.322 e. The highest BCUT2D eigenvalue weighted by molar-refractivity contribution is 7.91. The number of alkyl halides is 1. The predicted octanol–water partition coefficient (Wildman–Crippen LogP) is 2.80. The number of hydrogen-bond acceptors (Lipinski definition) is 10. The van der Waals surface area contributed by atoms with Crippen LogP contribution in [0.15, 0.2) is 46.9 Å². The summed E-state index contributed by atoms with van der Waals surface area (Å²) in [4.78, 5) is 42.7. The number of thiazole rings is 1. The molecule has 4 heterocycles. The monoisotopic (exact) mass is 612 g/mol. The molecule has 0 radical (unpaired) electrons. The van der Waals surface area contributed by atoms with Crippen LogP contribution in [0.25, 0.3) is 21.3 Å². The van der Waals surface area contributed by atoms with E-state index in [4.69, 9.17) is 4.42 Å². The van der Waals surface area contributed by atoms with Gasteiger partial charge in [0.15, 0.2) is 15.1 Å². The second kappa shape index (κ2) is 10.2. The third-order valence-corrected chi connectivity index (χ3v) is 9.76. The third-order valence-electron chi connectivity index (χ3n) is 7.25. The fourth-order valence-corrected chi connectivity index (χ4v) is 7.60. The lowest BCUT2D eigenvalue weighted by Crippen LogP contribution is -2.45. The Bertz CT molecular complexity index is 1860. The highest BCUT2D eigenvalue weighted by Crippen LogP contribution is 2.37. The number of carbonyl (C=O) groups is 3. The number of nitrogens with one attached hydrogen (secondary N) is 2. The molecule has 4 aromatic rings. The Morgan fingerprint density at radius 1 is 1.21 bits per heavy atom. The van der Waals surface area contributed by atoms with Crippen LogP contribution in [0.5, 0.6) is 0 Å². The Balaban J connectivity index is 1.29. The Morgan fingerprint density at radius 3 is 2.69 bits per heavy atom. The van der Waals surface area contributed by atoms with Crippen molar-refractivity contribution in [3.05, 3.63) is 64.8 Å². The third kappa shape index (κ3) is 5.25. The fourth-order valence-electron chi connectivity index (χ4n) is 5.07. The first-order chi connectivity index (χ1) is 19.9. The molecule has 0 saturated carbocycles. The predicted molar refractivity (Wildman–Crippen MR) is 150 cm³/mol. The number of sulfone groups is 1. The number of amides is 4. The van der Waals surface area contributed by atoms with Crippen molar-refractivity contribution < 1.29 is 31.6 Å². The number of halogens is 1. The SMILES string of the molecule is CC1(Cc2nnc(C(c3nc4ccc(-c5cccc(C(=O)N6CC[C@@H](F)C6)c5)cc4s3)S(C)(=O)=O)o2)NC(=O)NC1=O. The second-order valence-electron chi connectivity index (χ2n) is 10.6. The van der Waals surface area contributed by atoms with Gasteiger partial charge in [-0.25, -0.2) is 22.6 Å². The molecule has 2 N–H and O–H groups in total. The van der Waals surface area contributed by atoms with Crippen molar-refractivity contribution in [3.63, 3.8) is 0 Å². The van der Waals surface area contributed by atoms with Gasteiger partial charge in [-0.15, -0.1) is 21.5 Å². The van der Waals surface area contributed by atoms with E-state index in [1.54, 1.807) is 24.3 Å². The van der Waals surface area contributed by atoms with Crippen LogP contribution in [-0.2, 0) is 21.1 Å². The highest BCUT2D eigenvalue weighted by atomic mass is 32.2. The van der Waals surface area contributed by atoms with Crippen molar-refractivity contribution in [1.29, 1.82) is 0 Å². The summed E-state index contributed by atoms with van der Waals surface area (Å²) in [5.41, 5.74) is 1.26. The molecular formula is C27H25FN6O6S2. The summed E-state index contributed by atoms with van der Waals surface area (Å²) in [5, 5.41) is 11.4. The Morgan fingerprint density at radius 2 is 2.00 bits per heavy atom. The van der Waals surface area contributed by atoms with E-state index in [0.717, 1.165) is 28.7 Å². The molecule has 3 atom stereocenters. The minimum absolute atomic E-state index is 0.0210. The number of aromatic nitrogens is 3. The van der Waals surface area contributed by atoms with Gasteiger partial charge < -0.3 is 14.6 Å². The van der Waals surface area contributed by atoms with Crippen molar-refractivity contribution in [2.24, 2.45) is 0 Å². The summed E-state index contributed by atoms with van der Waals surface area (Å²) in [6, 6.07) is 11.9. The highest BCUT2D eigenvalue weighted by Gasteiger charge is 2.44. The van der Waals surface area contributed by atoms with Gasteiger partial charge in [0.25, 0.3) is 11.8 Å². The van der Waals surface area contributed by atoms with Crippen molar-refractivity contribution in [3.8, 4) is 11.1 Å². The Kier molecular flexibility index (Phi) is 6.80. The fraction of sp³-hybridized carbons (Fsp3) is 0.333. The summed E-state index contributed by atoms with van der Waals surface area (Å²) >= 11 is 1.15. The van der Waals surface area contributed by atoms with Crippen LogP contribution >= 0.6 is 11.3 Å². The van der Waals surface area contributed by atoms with E-state index in [1.165, 1.54) is 11.8 Å². The second-order valence-corrected chi connectivity index (χ2v) is 13.8. The van der Waals surface area contributed by atoms with E-state index in [1.807, 2.05) is 18.2 Å². The normalized spacial score (nSPS) is 21.5. The molecule has 2 unspecified atom stereocenters. The van der Waals surface area contributed by atoms with Crippen LogP contribution in [0.3, 0.4) is 0 Å². The first-order valence-electron chi connectivity index (χ1n) is 13.0. The van der Waals surface area contributed by atoms with Gasteiger partial charge in [0, 0.05) is 18.4 Å². The number of rotatable bonds is 7. The van der Waals surface area contributed by atoms with Gasteiger partial charge in [-0.1, -0.05) is 18.2 Å². The van der Waals surface area contributed by atoms with Crippen molar-refractivity contribution in [2.75, 3.05) is 19.3 Å². The maximum atomic E-state index is 13.6. The van der Waals surface area contributed by atoms with Crippen LogP contribution in [0.4, 0.5) is 9.18 Å². The number of urea groups is 1. The zero-order chi connectivity index (χ0) is 29.8. The molecule has 2 aliphatic heterocycles. The molecule has 2 saturated heterocycles. The number of likely N-dealkylation sites (tertiary alicyclic amines) is 1. The lowest BCUT2D eigenvalue weighted by Gasteiger charge is -2.17. The van der Waals surface area contributed by atoms with Crippen LogP contribution in [0.1, 0.15) is 45.7 Å². The molecule has 2 aromatic carbocycles. The number of imide groups is 1. The molecule has 0 bridgehead atoms. The van der Waals surface area contributed by atoms with Gasteiger partial charge in [0.2, 0.25) is 11.8 Å². The Hall–Kier alpha value is -4.24.